The summed E-state index contributed by atoms with van der Waals surface area (Å²) in [7, 11) is 3.38. The van der Waals surface area contributed by atoms with Crippen molar-refractivity contribution < 1.29 is 9.68 Å². The van der Waals surface area contributed by atoms with E-state index in [4.69, 9.17) is 9.68 Å². The van der Waals surface area contributed by atoms with Gasteiger partial charge in [0.2, 0.25) is 0 Å². The Labute approximate surface area is 104 Å². The average molecular weight is 243 g/mol. The molecule has 0 unspecified atom stereocenters. The lowest BCUT2D eigenvalue weighted by Gasteiger charge is -2.51. The number of piperidine rings is 2. The Hall–Kier alpha value is -0.200. The molecule has 0 aliphatic carbocycles. The zero-order valence-corrected chi connectivity index (χ0v) is 11.1. The number of nitrogens with zero attached hydrogens (tertiary/aromatic N) is 2. The molecule has 5 nitrogen and oxygen atoms in total. The van der Waals surface area contributed by atoms with Crippen LogP contribution in [-0.4, -0.2) is 56.2 Å². The summed E-state index contributed by atoms with van der Waals surface area (Å²) in [5, 5.41) is 5.12. The fourth-order valence-corrected chi connectivity index (χ4v) is 3.17. The Bertz CT molecular complexity index is 222. The second kappa shape index (κ2) is 6.11. The number of hydrogen-bond donors (Lipinski definition) is 1. The van der Waals surface area contributed by atoms with E-state index < -0.39 is 0 Å². The first-order valence-electron chi connectivity index (χ1n) is 6.68. The molecular weight excluding hydrogens is 218 g/mol. The first-order valence-corrected chi connectivity index (χ1v) is 6.68. The van der Waals surface area contributed by atoms with Gasteiger partial charge in [-0.2, -0.15) is 0 Å². The van der Waals surface area contributed by atoms with Crippen LogP contribution in [0.4, 0.5) is 0 Å². The Morgan fingerprint density at radius 2 is 1.59 bits per heavy atom. The number of rotatable bonds is 4. The molecule has 0 aromatic carbocycles. The van der Waals surface area contributed by atoms with E-state index in [0.717, 1.165) is 39.0 Å². The average Bonchev–Trinajstić information content (AvgIpc) is 2.42. The zero-order chi connectivity index (χ0) is 12.1. The Kier molecular flexibility index (Phi) is 4.76. The van der Waals surface area contributed by atoms with Gasteiger partial charge in [0.05, 0.1) is 14.2 Å². The van der Waals surface area contributed by atoms with Crippen molar-refractivity contribution in [2.75, 3.05) is 40.4 Å². The number of likely N-dealkylation sites (tertiary alicyclic amines) is 1. The molecule has 0 amide bonds. The maximum atomic E-state index is 5.44. The molecule has 2 aliphatic heterocycles. The first kappa shape index (κ1) is 13.2. The van der Waals surface area contributed by atoms with Gasteiger partial charge in [-0.15, -0.1) is 0 Å². The van der Waals surface area contributed by atoms with E-state index in [-0.39, 0.29) is 5.66 Å². The van der Waals surface area contributed by atoms with Gasteiger partial charge in [-0.3, -0.25) is 14.6 Å². The normalized spacial score (nSPS) is 26.3. The van der Waals surface area contributed by atoms with Crippen LogP contribution in [0.5, 0.6) is 0 Å². The molecule has 0 radical (unpaired) electrons. The van der Waals surface area contributed by atoms with E-state index in [1.54, 1.807) is 19.4 Å². The zero-order valence-electron chi connectivity index (χ0n) is 11.1. The molecule has 5 heteroatoms. The summed E-state index contributed by atoms with van der Waals surface area (Å²) in [4.78, 5) is 13.4. The summed E-state index contributed by atoms with van der Waals surface area (Å²) in [5.74, 6) is 0. The summed E-state index contributed by atoms with van der Waals surface area (Å²) < 4.78 is 0. The maximum absolute atomic E-state index is 5.44. The molecule has 0 spiro atoms. The van der Waals surface area contributed by atoms with Crippen molar-refractivity contribution in [1.29, 1.82) is 0 Å². The van der Waals surface area contributed by atoms with Crippen LogP contribution in [0, 0.1) is 0 Å². The van der Waals surface area contributed by atoms with Crippen molar-refractivity contribution in [1.82, 2.24) is 15.4 Å². The van der Waals surface area contributed by atoms with Gasteiger partial charge in [0.25, 0.3) is 0 Å². The Morgan fingerprint density at radius 1 is 1.00 bits per heavy atom. The maximum Gasteiger partial charge on any atom is 0.128 e. The van der Waals surface area contributed by atoms with Crippen LogP contribution in [-0.2, 0) is 9.68 Å². The van der Waals surface area contributed by atoms with E-state index >= 15 is 0 Å². The minimum atomic E-state index is -0.0742. The molecule has 0 atom stereocenters. The lowest BCUT2D eigenvalue weighted by atomic mass is 9.94. The highest BCUT2D eigenvalue weighted by Gasteiger charge is 2.45. The van der Waals surface area contributed by atoms with Gasteiger partial charge in [-0.05, 0) is 44.0 Å². The highest BCUT2D eigenvalue weighted by molar-refractivity contribution is 4.91. The molecule has 2 rings (SSSR count). The fraction of sp³-hybridized carbons (Fsp3) is 1.00. The quantitative estimate of drug-likeness (QED) is 0.745. The molecule has 0 aromatic rings. The van der Waals surface area contributed by atoms with Crippen molar-refractivity contribution in [3.63, 3.8) is 0 Å². The number of nitrogens with one attached hydrogen (secondary N) is 1. The van der Waals surface area contributed by atoms with E-state index in [9.17, 15) is 0 Å². The van der Waals surface area contributed by atoms with E-state index in [1.807, 2.05) is 0 Å². The van der Waals surface area contributed by atoms with Crippen molar-refractivity contribution in [3.8, 4) is 0 Å². The molecule has 0 aromatic heterocycles. The predicted octanol–water partition coefficient (Wildman–Crippen LogP) is 0.977. The van der Waals surface area contributed by atoms with Gasteiger partial charge in [-0.25, -0.2) is 0 Å². The lowest BCUT2D eigenvalue weighted by molar-refractivity contribution is -0.422. The van der Waals surface area contributed by atoms with Crippen molar-refractivity contribution >= 4 is 0 Å². The lowest BCUT2D eigenvalue weighted by Crippen LogP contribution is -2.64. The molecule has 0 saturated carbocycles. The molecule has 2 fully saturated rings. The molecule has 2 aliphatic rings. The highest BCUT2D eigenvalue weighted by atomic mass is 16.9. The Balaban J connectivity index is 2.14. The van der Waals surface area contributed by atoms with Crippen LogP contribution in [0.1, 0.15) is 32.1 Å². The standard InChI is InChI=1S/C12H25N3O2/c1-16-15(17-2)12(6-8-13-9-7-12)14-10-4-3-5-11-14/h13H,3-11H2,1-2H3. The Morgan fingerprint density at radius 3 is 2.12 bits per heavy atom. The summed E-state index contributed by atoms with van der Waals surface area (Å²) in [6.45, 7) is 4.37. The third-order valence-electron chi connectivity index (χ3n) is 4.02. The SMILES string of the molecule is CON(OC)C1(N2CCCCC2)CCNCC1. The first-order chi connectivity index (χ1) is 8.33. The van der Waals surface area contributed by atoms with Crippen LogP contribution in [0.2, 0.25) is 0 Å². The highest BCUT2D eigenvalue weighted by Crippen LogP contribution is 2.32. The molecule has 0 bridgehead atoms. The minimum absolute atomic E-state index is 0.0742. The third kappa shape index (κ3) is 2.63. The molecule has 2 saturated heterocycles. The van der Waals surface area contributed by atoms with Crippen LogP contribution >= 0.6 is 0 Å². The summed E-state index contributed by atoms with van der Waals surface area (Å²) in [5.41, 5.74) is -0.0742. The largest absolute Gasteiger partial charge is 0.316 e. The smallest absolute Gasteiger partial charge is 0.128 e. The third-order valence-corrected chi connectivity index (χ3v) is 4.02. The molecule has 1 N–H and O–H groups in total. The van der Waals surface area contributed by atoms with Crippen LogP contribution in [0.25, 0.3) is 0 Å². The minimum Gasteiger partial charge on any atom is -0.316 e. The molecule has 2 heterocycles. The van der Waals surface area contributed by atoms with Gasteiger partial charge < -0.3 is 5.32 Å². The van der Waals surface area contributed by atoms with Crippen molar-refractivity contribution in [2.45, 2.75) is 37.8 Å². The monoisotopic (exact) mass is 243 g/mol. The predicted molar refractivity (Wildman–Crippen MR) is 66.1 cm³/mol. The van der Waals surface area contributed by atoms with Crippen molar-refractivity contribution in [3.05, 3.63) is 0 Å². The molecular formula is C12H25N3O2. The summed E-state index contributed by atoms with van der Waals surface area (Å²) in [6.07, 6.45) is 6.03. The van der Waals surface area contributed by atoms with E-state index in [1.165, 1.54) is 19.3 Å². The van der Waals surface area contributed by atoms with Gasteiger partial charge in [0.1, 0.15) is 5.66 Å². The van der Waals surface area contributed by atoms with E-state index in [2.05, 4.69) is 10.2 Å². The molecule has 100 valence electrons. The summed E-state index contributed by atoms with van der Waals surface area (Å²) in [6, 6.07) is 0. The van der Waals surface area contributed by atoms with Crippen LogP contribution in [0.15, 0.2) is 0 Å². The van der Waals surface area contributed by atoms with Crippen molar-refractivity contribution in [2.24, 2.45) is 0 Å². The fourth-order valence-electron chi connectivity index (χ4n) is 3.17. The second-order valence-electron chi connectivity index (χ2n) is 4.90. The topological polar surface area (TPSA) is 37.0 Å². The van der Waals surface area contributed by atoms with Gasteiger partial charge in [-0.1, -0.05) is 6.42 Å². The van der Waals surface area contributed by atoms with Crippen LogP contribution < -0.4 is 5.32 Å². The second-order valence-corrected chi connectivity index (χ2v) is 4.90. The molecule has 17 heavy (non-hydrogen) atoms. The number of hydroxylamine groups is 2. The van der Waals surface area contributed by atoms with Gasteiger partial charge in [0, 0.05) is 13.1 Å². The van der Waals surface area contributed by atoms with Crippen LogP contribution in [0.3, 0.4) is 0 Å². The van der Waals surface area contributed by atoms with Gasteiger partial charge in [0.15, 0.2) is 0 Å². The van der Waals surface area contributed by atoms with E-state index in [0.29, 0.717) is 0 Å². The number of hydrogen-bond acceptors (Lipinski definition) is 5. The summed E-state index contributed by atoms with van der Waals surface area (Å²) >= 11 is 0. The van der Waals surface area contributed by atoms with Gasteiger partial charge >= 0.3 is 0 Å².